The minimum Gasteiger partial charge on any atom is -0.358 e. The first kappa shape index (κ1) is 8.91. The fourth-order valence-corrected chi connectivity index (χ4v) is 1.97. The third-order valence-corrected chi connectivity index (χ3v) is 2.71. The molecule has 0 aliphatic carbocycles. The van der Waals surface area contributed by atoms with Gasteiger partial charge >= 0.3 is 5.82 Å². The normalized spacial score (nSPS) is 11.0. The molecular weight excluding hydrogens is 204 g/mol. The average Bonchev–Trinajstić information content (AvgIpc) is 2.73. The third kappa shape index (κ3) is 1.16. The van der Waals surface area contributed by atoms with Gasteiger partial charge in [-0.2, -0.15) is 0 Å². The summed E-state index contributed by atoms with van der Waals surface area (Å²) >= 11 is 0. The Morgan fingerprint density at radius 1 is 1.06 bits per heavy atom. The van der Waals surface area contributed by atoms with Gasteiger partial charge in [-0.1, -0.05) is 30.3 Å². The molecule has 0 spiro atoms. The molecule has 0 bridgehead atoms. The number of hydrogen-bond donors (Lipinski definition) is 1. The van der Waals surface area contributed by atoms with Crippen LogP contribution >= 0.6 is 0 Å². The van der Waals surface area contributed by atoms with Gasteiger partial charge in [-0.15, -0.1) is 0 Å². The first-order chi connectivity index (χ1) is 7.75. The molecule has 0 atom stereocenters. The lowest BCUT2D eigenvalue weighted by atomic mass is 10.1. The van der Waals surface area contributed by atoms with E-state index in [9.17, 15) is 10.1 Å². The Morgan fingerprint density at radius 3 is 2.69 bits per heavy atom. The van der Waals surface area contributed by atoms with E-state index in [4.69, 9.17) is 0 Å². The van der Waals surface area contributed by atoms with Gasteiger partial charge < -0.3 is 10.1 Å². The summed E-state index contributed by atoms with van der Waals surface area (Å²) in [6.45, 7) is 0. The molecule has 0 saturated heterocycles. The molecule has 1 N–H and O–H groups in total. The van der Waals surface area contributed by atoms with Crippen molar-refractivity contribution in [1.29, 1.82) is 0 Å². The fraction of sp³-hybridized carbons (Fsp3) is 0. The molecule has 4 heteroatoms. The van der Waals surface area contributed by atoms with Gasteiger partial charge in [0.05, 0.1) is 0 Å². The van der Waals surface area contributed by atoms with Gasteiger partial charge in [0.1, 0.15) is 5.52 Å². The van der Waals surface area contributed by atoms with Crippen LogP contribution in [-0.2, 0) is 0 Å². The number of fused-ring (bicyclic) bond motifs is 3. The van der Waals surface area contributed by atoms with Crippen LogP contribution in [0.3, 0.4) is 0 Å². The van der Waals surface area contributed by atoms with Crippen molar-refractivity contribution in [2.24, 2.45) is 0 Å². The van der Waals surface area contributed by atoms with Crippen molar-refractivity contribution in [3.63, 3.8) is 0 Å². The van der Waals surface area contributed by atoms with Gasteiger partial charge in [-0.05, 0) is 21.8 Å². The monoisotopic (exact) mass is 212 g/mol. The van der Waals surface area contributed by atoms with Crippen molar-refractivity contribution >= 4 is 27.5 Å². The van der Waals surface area contributed by atoms with Crippen molar-refractivity contribution in [3.05, 3.63) is 52.6 Å². The van der Waals surface area contributed by atoms with Gasteiger partial charge in [0.2, 0.25) is 0 Å². The predicted octanol–water partition coefficient (Wildman–Crippen LogP) is 3.23. The Hall–Kier alpha value is -2.36. The van der Waals surface area contributed by atoms with Crippen LogP contribution in [0, 0.1) is 10.1 Å². The van der Waals surface area contributed by atoms with Gasteiger partial charge in [0.25, 0.3) is 0 Å². The molecule has 0 amide bonds. The molecule has 0 aliphatic rings. The molecule has 0 unspecified atom stereocenters. The maximum absolute atomic E-state index is 10.7. The summed E-state index contributed by atoms with van der Waals surface area (Å²) in [5.41, 5.74) is 0.797. The second-order valence-corrected chi connectivity index (χ2v) is 3.66. The lowest BCUT2D eigenvalue weighted by Gasteiger charge is -1.95. The zero-order valence-electron chi connectivity index (χ0n) is 8.31. The summed E-state index contributed by atoms with van der Waals surface area (Å²) < 4.78 is 0. The SMILES string of the molecule is O=[N+]([O-])c1cc2c(ccc3ccccc32)[nH]1. The Balaban J connectivity index is 2.46. The average molecular weight is 212 g/mol. The molecule has 2 aromatic carbocycles. The lowest BCUT2D eigenvalue weighted by molar-refractivity contribution is -0.389. The molecule has 0 fully saturated rings. The molecule has 0 saturated carbocycles. The zero-order chi connectivity index (χ0) is 11.1. The van der Waals surface area contributed by atoms with Crippen LogP contribution < -0.4 is 0 Å². The molecule has 3 aromatic rings. The van der Waals surface area contributed by atoms with E-state index in [0.29, 0.717) is 0 Å². The second kappa shape index (κ2) is 3.06. The number of nitro groups is 1. The van der Waals surface area contributed by atoms with E-state index >= 15 is 0 Å². The maximum atomic E-state index is 10.7. The van der Waals surface area contributed by atoms with Crippen molar-refractivity contribution < 1.29 is 4.92 Å². The van der Waals surface area contributed by atoms with E-state index in [0.717, 1.165) is 21.7 Å². The minimum absolute atomic E-state index is 0.0337. The predicted molar refractivity (Wildman–Crippen MR) is 62.5 cm³/mol. The summed E-state index contributed by atoms with van der Waals surface area (Å²) in [5, 5.41) is 13.7. The number of nitrogens with zero attached hydrogens (tertiary/aromatic N) is 1. The van der Waals surface area contributed by atoms with Crippen LogP contribution in [0.2, 0.25) is 0 Å². The summed E-state index contributed by atoms with van der Waals surface area (Å²) in [6.07, 6.45) is 0. The van der Waals surface area contributed by atoms with Gasteiger partial charge in [0, 0.05) is 11.5 Å². The van der Waals surface area contributed by atoms with Crippen LogP contribution in [0.5, 0.6) is 0 Å². The van der Waals surface area contributed by atoms with Crippen LogP contribution in [0.1, 0.15) is 0 Å². The number of nitrogens with one attached hydrogen (secondary N) is 1. The first-order valence-electron chi connectivity index (χ1n) is 4.90. The molecule has 0 aliphatic heterocycles. The fourth-order valence-electron chi connectivity index (χ4n) is 1.97. The number of benzene rings is 2. The highest BCUT2D eigenvalue weighted by molar-refractivity contribution is 6.07. The zero-order valence-corrected chi connectivity index (χ0v) is 8.31. The summed E-state index contributed by atoms with van der Waals surface area (Å²) in [6, 6.07) is 13.2. The first-order valence-corrected chi connectivity index (χ1v) is 4.90. The van der Waals surface area contributed by atoms with Crippen molar-refractivity contribution in [2.45, 2.75) is 0 Å². The largest absolute Gasteiger partial charge is 0.358 e. The van der Waals surface area contributed by atoms with Crippen molar-refractivity contribution in [1.82, 2.24) is 4.98 Å². The number of rotatable bonds is 1. The molecular formula is C12H8N2O2. The lowest BCUT2D eigenvalue weighted by Crippen LogP contribution is -1.85. The minimum atomic E-state index is -0.408. The Kier molecular flexibility index (Phi) is 1.71. The molecule has 1 aromatic heterocycles. The van der Waals surface area contributed by atoms with E-state index in [1.165, 1.54) is 0 Å². The van der Waals surface area contributed by atoms with Gasteiger partial charge in [0.15, 0.2) is 0 Å². The van der Waals surface area contributed by atoms with Gasteiger partial charge in [-0.3, -0.25) is 0 Å². The van der Waals surface area contributed by atoms with Crippen molar-refractivity contribution in [3.8, 4) is 0 Å². The van der Waals surface area contributed by atoms with Crippen LogP contribution in [-0.4, -0.2) is 9.91 Å². The summed E-state index contributed by atoms with van der Waals surface area (Å²) in [5.74, 6) is 0.0337. The third-order valence-electron chi connectivity index (χ3n) is 2.71. The van der Waals surface area contributed by atoms with E-state index in [2.05, 4.69) is 4.98 Å². The van der Waals surface area contributed by atoms with Gasteiger partial charge in [-0.25, -0.2) is 4.98 Å². The van der Waals surface area contributed by atoms with E-state index in [-0.39, 0.29) is 5.82 Å². The topological polar surface area (TPSA) is 58.9 Å². The maximum Gasteiger partial charge on any atom is 0.321 e. The van der Waals surface area contributed by atoms with E-state index < -0.39 is 4.92 Å². The smallest absolute Gasteiger partial charge is 0.321 e. The molecule has 3 rings (SSSR count). The quantitative estimate of drug-likeness (QED) is 0.497. The standard InChI is InChI=1S/C12H8N2O2/c15-14(16)12-7-10-9-4-2-1-3-8(9)5-6-11(10)13-12/h1-7,13H. The Bertz CT molecular complexity index is 700. The molecule has 1 heterocycles. The van der Waals surface area contributed by atoms with E-state index in [1.807, 2.05) is 36.4 Å². The Labute approximate surface area is 90.7 Å². The molecule has 16 heavy (non-hydrogen) atoms. The van der Waals surface area contributed by atoms with Crippen molar-refractivity contribution in [2.75, 3.05) is 0 Å². The molecule has 0 radical (unpaired) electrons. The van der Waals surface area contributed by atoms with Crippen LogP contribution in [0.4, 0.5) is 5.82 Å². The highest BCUT2D eigenvalue weighted by Crippen LogP contribution is 2.28. The second-order valence-electron chi connectivity index (χ2n) is 3.66. The Morgan fingerprint density at radius 2 is 1.88 bits per heavy atom. The number of aromatic amines is 1. The summed E-state index contributed by atoms with van der Waals surface area (Å²) in [7, 11) is 0. The molecule has 78 valence electrons. The van der Waals surface area contributed by atoms with Crippen LogP contribution in [0.15, 0.2) is 42.5 Å². The summed E-state index contributed by atoms with van der Waals surface area (Å²) in [4.78, 5) is 13.1. The highest BCUT2D eigenvalue weighted by atomic mass is 16.6. The molecule has 4 nitrogen and oxygen atoms in total. The number of hydrogen-bond acceptors (Lipinski definition) is 2. The van der Waals surface area contributed by atoms with Crippen LogP contribution in [0.25, 0.3) is 21.7 Å². The van der Waals surface area contributed by atoms with E-state index in [1.54, 1.807) is 6.07 Å². The number of H-pyrrole nitrogens is 1. The highest BCUT2D eigenvalue weighted by Gasteiger charge is 2.11. The number of aromatic nitrogens is 1.